The van der Waals surface area contributed by atoms with Crippen LogP contribution in [0.25, 0.3) is 11.1 Å². The molecule has 5 atom stereocenters. The average molecular weight is 754 g/mol. The Hall–Kier alpha value is -5.65. The molecule has 10 nitrogen and oxygen atoms in total. The Kier molecular flexibility index (Phi) is 12.3. The van der Waals surface area contributed by atoms with Crippen molar-refractivity contribution in [2.75, 3.05) is 13.6 Å². The van der Waals surface area contributed by atoms with E-state index in [-0.39, 0.29) is 50.2 Å². The molecule has 2 N–H and O–H groups in total. The minimum atomic E-state index is -0.975. The molecule has 3 amide bonds. The van der Waals surface area contributed by atoms with Crippen LogP contribution in [0, 0.1) is 5.92 Å². The van der Waals surface area contributed by atoms with E-state index in [9.17, 15) is 19.5 Å². The van der Waals surface area contributed by atoms with E-state index in [4.69, 9.17) is 14.2 Å². The standard InChI is InChI=1S/C46H47N3O7/c1-31-41(28-48(2)26-32-10-5-3-6-11-32)55-45(56-43(31)37-18-16-33(29-50)17-19-37)38-22-20-36(21-23-38)39-15-9-14-35(24-39)27-49-42(51)25-40(44(49)52)47-46(53)54-30-34-12-7-4-8-13-34/h3-24,31,40-41,43,45,50H,25-30H2,1-2H3,(H,47,53)/t31-,40?,41+,43+,45+/m1/s1. The SMILES string of the molecule is C[C@@H]1[C@H](CN(C)Cc2ccccc2)O[C@H](c2ccc(-c3cccc(CN4C(=O)CC(NC(=O)OCc5ccccc5)C4=O)c3)cc2)O[C@@H]1c1ccc(CO)cc1. The maximum absolute atomic E-state index is 13.2. The molecule has 2 aliphatic heterocycles. The zero-order valence-corrected chi connectivity index (χ0v) is 31.6. The third-order valence-electron chi connectivity index (χ3n) is 10.4. The number of aliphatic hydroxyl groups is 1. The van der Waals surface area contributed by atoms with E-state index in [1.54, 1.807) is 0 Å². The van der Waals surface area contributed by atoms with Gasteiger partial charge in [-0.1, -0.05) is 134 Å². The number of imide groups is 1. The van der Waals surface area contributed by atoms with Gasteiger partial charge in [-0.25, -0.2) is 4.79 Å². The first-order valence-electron chi connectivity index (χ1n) is 19.0. The number of aliphatic hydroxyl groups excluding tert-OH is 1. The summed E-state index contributed by atoms with van der Waals surface area (Å²) in [4.78, 5) is 42.0. The normalized spacial score (nSPS) is 21.0. The Bertz CT molecular complexity index is 2090. The molecule has 56 heavy (non-hydrogen) atoms. The Labute approximate surface area is 327 Å². The zero-order valence-electron chi connectivity index (χ0n) is 31.6. The van der Waals surface area contributed by atoms with E-state index < -0.39 is 24.3 Å². The van der Waals surface area contributed by atoms with Crippen molar-refractivity contribution in [2.45, 2.75) is 64.2 Å². The number of ether oxygens (including phenoxy) is 3. The highest BCUT2D eigenvalue weighted by Gasteiger charge is 2.40. The number of rotatable bonds is 13. The minimum Gasteiger partial charge on any atom is -0.445 e. The van der Waals surface area contributed by atoms with Crippen molar-refractivity contribution in [3.05, 3.63) is 167 Å². The lowest BCUT2D eigenvalue weighted by molar-refractivity contribution is -0.276. The van der Waals surface area contributed by atoms with Crippen molar-refractivity contribution in [3.63, 3.8) is 0 Å². The first-order valence-corrected chi connectivity index (χ1v) is 19.0. The molecule has 0 aromatic heterocycles. The summed E-state index contributed by atoms with van der Waals surface area (Å²) >= 11 is 0. The van der Waals surface area contributed by atoms with Crippen LogP contribution in [-0.2, 0) is 50.1 Å². The van der Waals surface area contributed by atoms with Crippen LogP contribution in [0.1, 0.15) is 59.1 Å². The number of nitrogens with zero attached hydrogens (tertiary/aromatic N) is 2. The second-order valence-corrected chi connectivity index (χ2v) is 14.6. The summed E-state index contributed by atoms with van der Waals surface area (Å²) in [5, 5.41) is 12.2. The van der Waals surface area contributed by atoms with Gasteiger partial charge in [0.05, 0.1) is 31.8 Å². The minimum absolute atomic E-state index is 0.0182. The highest BCUT2D eigenvalue weighted by atomic mass is 16.7. The van der Waals surface area contributed by atoms with Gasteiger partial charge in [-0.05, 0) is 52.1 Å². The van der Waals surface area contributed by atoms with Gasteiger partial charge in [0.25, 0.3) is 5.91 Å². The highest BCUT2D eigenvalue weighted by Crippen LogP contribution is 2.42. The van der Waals surface area contributed by atoms with E-state index in [2.05, 4.69) is 48.5 Å². The van der Waals surface area contributed by atoms with Crippen LogP contribution in [0.5, 0.6) is 0 Å². The number of amides is 3. The molecule has 288 valence electrons. The summed E-state index contributed by atoms with van der Waals surface area (Å²) in [5.74, 6) is -0.761. The molecule has 0 spiro atoms. The van der Waals surface area contributed by atoms with Gasteiger partial charge in [0.2, 0.25) is 5.91 Å². The zero-order chi connectivity index (χ0) is 39.0. The van der Waals surface area contributed by atoms with Crippen LogP contribution >= 0.6 is 0 Å². The van der Waals surface area contributed by atoms with Crippen LogP contribution < -0.4 is 5.32 Å². The van der Waals surface area contributed by atoms with Crippen molar-refractivity contribution in [3.8, 4) is 11.1 Å². The summed E-state index contributed by atoms with van der Waals surface area (Å²) in [7, 11) is 2.11. The number of nitrogens with one attached hydrogen (secondary N) is 1. The summed E-state index contributed by atoms with van der Waals surface area (Å²) in [6.45, 7) is 3.80. The van der Waals surface area contributed by atoms with E-state index in [0.717, 1.165) is 45.5 Å². The molecule has 2 fully saturated rings. The summed E-state index contributed by atoms with van der Waals surface area (Å²) < 4.78 is 18.7. The predicted molar refractivity (Wildman–Crippen MR) is 211 cm³/mol. The maximum atomic E-state index is 13.2. The number of likely N-dealkylation sites (tertiary alicyclic amines) is 1. The van der Waals surface area contributed by atoms with Crippen LogP contribution in [0.2, 0.25) is 0 Å². The number of hydrogen-bond donors (Lipinski definition) is 2. The average Bonchev–Trinajstić information content (AvgIpc) is 3.48. The molecule has 0 radical (unpaired) electrons. The lowest BCUT2D eigenvalue weighted by Gasteiger charge is -2.42. The first kappa shape index (κ1) is 38.6. The van der Waals surface area contributed by atoms with E-state index >= 15 is 0 Å². The van der Waals surface area contributed by atoms with Gasteiger partial charge < -0.3 is 24.6 Å². The molecule has 2 heterocycles. The van der Waals surface area contributed by atoms with E-state index in [1.807, 2.05) is 109 Å². The van der Waals surface area contributed by atoms with E-state index in [1.165, 1.54) is 10.5 Å². The second-order valence-electron chi connectivity index (χ2n) is 14.6. The van der Waals surface area contributed by atoms with Crippen LogP contribution in [0.15, 0.2) is 133 Å². The fourth-order valence-corrected chi connectivity index (χ4v) is 7.33. The smallest absolute Gasteiger partial charge is 0.408 e. The van der Waals surface area contributed by atoms with Crippen molar-refractivity contribution in [2.24, 2.45) is 5.92 Å². The van der Waals surface area contributed by atoms with Crippen LogP contribution in [0.4, 0.5) is 4.79 Å². The number of carbonyl (C=O) groups is 3. The predicted octanol–water partition coefficient (Wildman–Crippen LogP) is 7.32. The maximum Gasteiger partial charge on any atom is 0.408 e. The molecule has 10 heteroatoms. The highest BCUT2D eigenvalue weighted by molar-refractivity contribution is 6.06. The Morgan fingerprint density at radius 2 is 1.45 bits per heavy atom. The number of hydrogen-bond acceptors (Lipinski definition) is 8. The second kappa shape index (κ2) is 17.9. The van der Waals surface area contributed by atoms with Crippen molar-refractivity contribution < 1.29 is 33.7 Å². The number of carbonyl (C=O) groups excluding carboxylic acids is 3. The molecular formula is C46H47N3O7. The van der Waals surface area contributed by atoms with E-state index in [0.29, 0.717) is 6.54 Å². The van der Waals surface area contributed by atoms with Crippen LogP contribution in [-0.4, -0.2) is 58.6 Å². The number of benzene rings is 5. The first-order chi connectivity index (χ1) is 27.2. The molecule has 0 aliphatic carbocycles. The monoisotopic (exact) mass is 753 g/mol. The summed E-state index contributed by atoms with van der Waals surface area (Å²) in [5.41, 5.74) is 7.49. The van der Waals surface area contributed by atoms with Crippen molar-refractivity contribution in [1.82, 2.24) is 15.1 Å². The molecule has 2 aliphatic rings. The topological polar surface area (TPSA) is 118 Å². The number of alkyl carbamates (subject to hydrolysis) is 1. The van der Waals surface area contributed by atoms with Gasteiger partial charge >= 0.3 is 6.09 Å². The van der Waals surface area contributed by atoms with Gasteiger partial charge in [-0.15, -0.1) is 0 Å². The molecule has 5 aromatic rings. The molecule has 2 saturated heterocycles. The third-order valence-corrected chi connectivity index (χ3v) is 10.4. The van der Waals surface area contributed by atoms with Gasteiger partial charge in [0.1, 0.15) is 12.6 Å². The largest absolute Gasteiger partial charge is 0.445 e. The molecule has 1 unspecified atom stereocenters. The Balaban J connectivity index is 1.02. The van der Waals surface area contributed by atoms with Crippen LogP contribution in [0.3, 0.4) is 0 Å². The van der Waals surface area contributed by atoms with Gasteiger partial charge in [-0.3, -0.25) is 19.4 Å². The van der Waals surface area contributed by atoms with Crippen molar-refractivity contribution in [1.29, 1.82) is 0 Å². The summed E-state index contributed by atoms with van der Waals surface area (Å²) in [6.07, 6.45) is -1.81. The quantitative estimate of drug-likeness (QED) is 0.120. The lowest BCUT2D eigenvalue weighted by atomic mass is 9.90. The Morgan fingerprint density at radius 3 is 2.14 bits per heavy atom. The lowest BCUT2D eigenvalue weighted by Crippen LogP contribution is -2.43. The summed E-state index contributed by atoms with van der Waals surface area (Å²) in [6, 6.07) is 42.4. The third kappa shape index (κ3) is 9.41. The van der Waals surface area contributed by atoms with Gasteiger partial charge in [-0.2, -0.15) is 0 Å². The Morgan fingerprint density at radius 1 is 0.786 bits per heavy atom. The fourth-order valence-electron chi connectivity index (χ4n) is 7.33. The number of likely N-dealkylation sites (N-methyl/N-ethyl adjacent to an activating group) is 1. The molecule has 5 aromatic carbocycles. The molecular weight excluding hydrogens is 707 g/mol. The fraction of sp³-hybridized carbons (Fsp3) is 0.283. The van der Waals surface area contributed by atoms with Gasteiger partial charge in [0.15, 0.2) is 6.29 Å². The molecule has 0 saturated carbocycles. The van der Waals surface area contributed by atoms with Gasteiger partial charge in [0, 0.05) is 24.6 Å². The molecule has 7 rings (SSSR count). The van der Waals surface area contributed by atoms with Crippen molar-refractivity contribution >= 4 is 17.9 Å². The molecule has 0 bridgehead atoms.